The van der Waals surface area contributed by atoms with Crippen LogP contribution in [0.1, 0.15) is 32.3 Å². The molecule has 0 radical (unpaired) electrons. The van der Waals surface area contributed by atoms with Crippen LogP contribution in [-0.4, -0.2) is 52.1 Å². The van der Waals surface area contributed by atoms with Gasteiger partial charge in [0, 0.05) is 45.0 Å². The van der Waals surface area contributed by atoms with Crippen LogP contribution in [0.15, 0.2) is 45.5 Å². The number of benzene rings is 1. The Morgan fingerprint density at radius 2 is 1.92 bits per heavy atom. The molecule has 3 N–H and O–H groups in total. The first kappa shape index (κ1) is 26.7. The maximum atomic E-state index is 13.7. The number of nitrogens with one attached hydrogen (secondary N) is 1. The van der Waals surface area contributed by atoms with E-state index >= 15 is 0 Å². The van der Waals surface area contributed by atoms with Gasteiger partial charge in [0.05, 0.1) is 0 Å². The summed E-state index contributed by atoms with van der Waals surface area (Å²) in [5.74, 6) is 0.529. The summed E-state index contributed by atoms with van der Waals surface area (Å²) >= 11 is 0. The molecule has 37 heavy (non-hydrogen) atoms. The molecule has 0 spiro atoms. The van der Waals surface area contributed by atoms with Gasteiger partial charge in [-0.3, -0.25) is 13.9 Å². The second-order valence-electron chi connectivity index (χ2n) is 9.74. The van der Waals surface area contributed by atoms with E-state index in [1.54, 1.807) is 19.2 Å². The molecule has 1 unspecified atom stereocenters. The van der Waals surface area contributed by atoms with Crippen LogP contribution in [0, 0.1) is 0 Å². The molecule has 11 nitrogen and oxygen atoms in total. The SMILES string of the molecule is CC(C)=CCn1c(N2CCCC(N)C2)nc2c1c(=O)n(CCc1ccc(NC[SH](=O)=O)cc1)c(=O)n2C. The number of fused-ring (bicyclic) bond motifs is 1. The molecule has 0 aliphatic carbocycles. The molecule has 200 valence electrons. The Hall–Kier alpha value is -3.38. The van der Waals surface area contributed by atoms with E-state index < -0.39 is 16.4 Å². The molecule has 12 heteroatoms. The third kappa shape index (κ3) is 5.96. The van der Waals surface area contributed by atoms with Crippen LogP contribution in [0.25, 0.3) is 11.2 Å². The molecule has 0 saturated carbocycles. The quantitative estimate of drug-likeness (QED) is 0.276. The van der Waals surface area contributed by atoms with Gasteiger partial charge in [0.1, 0.15) is 5.88 Å². The predicted octanol–water partition coefficient (Wildman–Crippen LogP) is 1.01. The van der Waals surface area contributed by atoms with Crippen molar-refractivity contribution in [1.29, 1.82) is 0 Å². The van der Waals surface area contributed by atoms with E-state index in [0.29, 0.717) is 42.3 Å². The number of imidazole rings is 1. The molecular weight excluding hydrogens is 494 g/mol. The van der Waals surface area contributed by atoms with E-state index in [4.69, 9.17) is 10.7 Å². The molecule has 1 aliphatic rings. The topological polar surface area (TPSA) is 137 Å². The molecule has 4 rings (SSSR count). The lowest BCUT2D eigenvalue weighted by molar-refractivity contribution is 0.495. The van der Waals surface area contributed by atoms with Crippen LogP contribution in [0.5, 0.6) is 0 Å². The first-order valence-electron chi connectivity index (χ1n) is 12.4. The van der Waals surface area contributed by atoms with Crippen molar-refractivity contribution in [2.45, 2.75) is 52.2 Å². The van der Waals surface area contributed by atoms with E-state index in [2.05, 4.69) is 10.2 Å². The van der Waals surface area contributed by atoms with E-state index in [1.165, 1.54) is 9.13 Å². The summed E-state index contributed by atoms with van der Waals surface area (Å²) in [5, 5.41) is 2.82. The number of nitrogens with two attached hydrogens (primary N) is 1. The molecule has 1 aromatic carbocycles. The number of hydrogen-bond acceptors (Lipinski definition) is 8. The van der Waals surface area contributed by atoms with Crippen LogP contribution < -0.4 is 27.2 Å². The Balaban J connectivity index is 1.71. The minimum absolute atomic E-state index is 0.0375. The molecule has 0 bridgehead atoms. The van der Waals surface area contributed by atoms with Crippen LogP contribution >= 0.6 is 0 Å². The fourth-order valence-corrected chi connectivity index (χ4v) is 4.93. The maximum absolute atomic E-state index is 13.7. The zero-order chi connectivity index (χ0) is 26.7. The molecule has 3 aromatic rings. The van der Waals surface area contributed by atoms with E-state index in [-0.39, 0.29) is 24.0 Å². The van der Waals surface area contributed by atoms with E-state index in [9.17, 15) is 18.0 Å². The molecule has 1 aliphatic heterocycles. The highest BCUT2D eigenvalue weighted by molar-refractivity contribution is 7.72. The average Bonchev–Trinajstić information content (AvgIpc) is 3.25. The first-order valence-corrected chi connectivity index (χ1v) is 13.8. The predicted molar refractivity (Wildman–Crippen MR) is 147 cm³/mol. The van der Waals surface area contributed by atoms with Gasteiger partial charge in [0.15, 0.2) is 21.9 Å². The average molecular weight is 530 g/mol. The highest BCUT2D eigenvalue weighted by Crippen LogP contribution is 2.23. The van der Waals surface area contributed by atoms with Gasteiger partial charge in [-0.2, -0.15) is 4.98 Å². The lowest BCUT2D eigenvalue weighted by Crippen LogP contribution is -2.44. The summed E-state index contributed by atoms with van der Waals surface area (Å²) in [5.41, 5.74) is 8.95. The van der Waals surface area contributed by atoms with E-state index in [1.807, 2.05) is 36.6 Å². The van der Waals surface area contributed by atoms with Crippen LogP contribution in [0.4, 0.5) is 11.6 Å². The van der Waals surface area contributed by atoms with Crippen molar-refractivity contribution in [1.82, 2.24) is 18.7 Å². The highest BCUT2D eigenvalue weighted by atomic mass is 32.2. The maximum Gasteiger partial charge on any atom is 0.332 e. The summed E-state index contributed by atoms with van der Waals surface area (Å²) < 4.78 is 26.2. The lowest BCUT2D eigenvalue weighted by atomic mass is 10.1. The number of piperidine rings is 1. The summed E-state index contributed by atoms with van der Waals surface area (Å²) in [6, 6.07) is 7.30. The van der Waals surface area contributed by atoms with Gasteiger partial charge in [-0.05, 0) is 50.8 Å². The van der Waals surface area contributed by atoms with Crippen molar-refractivity contribution in [3.63, 3.8) is 0 Å². The second-order valence-corrected chi connectivity index (χ2v) is 10.7. The van der Waals surface area contributed by atoms with Crippen molar-refractivity contribution in [2.24, 2.45) is 12.8 Å². The fourth-order valence-electron chi connectivity index (χ4n) is 4.62. The standard InChI is InChI=1S/C25H35N7O4S/c1-17(2)10-13-31-21-22(28-24(31)30-12-4-5-19(26)15-30)29(3)25(34)32(23(21)33)14-11-18-6-8-20(9-7-18)27-16-37(35)36/h6-10,19,27,37H,4-5,11-16,26H2,1-3H3. The van der Waals surface area contributed by atoms with Gasteiger partial charge in [0.25, 0.3) is 5.56 Å². The van der Waals surface area contributed by atoms with Crippen molar-refractivity contribution >= 4 is 33.5 Å². The number of hydrogen-bond donors (Lipinski definition) is 3. The monoisotopic (exact) mass is 529 g/mol. The third-order valence-electron chi connectivity index (χ3n) is 6.63. The number of anilines is 2. The summed E-state index contributed by atoms with van der Waals surface area (Å²) in [7, 11) is -0.870. The molecule has 0 amide bonds. The number of nitrogens with zero attached hydrogens (tertiary/aromatic N) is 5. The lowest BCUT2D eigenvalue weighted by Gasteiger charge is -2.31. The molecule has 1 atom stereocenters. The Morgan fingerprint density at radius 3 is 2.57 bits per heavy atom. The van der Waals surface area contributed by atoms with Gasteiger partial charge in [0.2, 0.25) is 5.95 Å². The van der Waals surface area contributed by atoms with Gasteiger partial charge >= 0.3 is 5.69 Å². The zero-order valence-corrected chi connectivity index (χ0v) is 22.4. The Labute approximate surface area is 217 Å². The number of aryl methyl sites for hydroxylation is 2. The molecule has 2 aromatic heterocycles. The Kier molecular flexibility index (Phi) is 8.18. The Morgan fingerprint density at radius 1 is 1.19 bits per heavy atom. The van der Waals surface area contributed by atoms with Gasteiger partial charge in [-0.15, -0.1) is 0 Å². The number of allylic oxidation sites excluding steroid dienone is 2. The number of aromatic nitrogens is 4. The fraction of sp³-hybridized carbons (Fsp3) is 0.480. The van der Waals surface area contributed by atoms with Crippen molar-refractivity contribution in [2.75, 3.05) is 29.2 Å². The van der Waals surface area contributed by atoms with Crippen LogP contribution in [0.3, 0.4) is 0 Å². The number of thiol groups is 1. The van der Waals surface area contributed by atoms with Gasteiger partial charge in [-0.1, -0.05) is 23.8 Å². The van der Waals surface area contributed by atoms with E-state index in [0.717, 1.165) is 30.5 Å². The van der Waals surface area contributed by atoms with Crippen molar-refractivity contribution in [3.8, 4) is 0 Å². The zero-order valence-electron chi connectivity index (χ0n) is 21.5. The van der Waals surface area contributed by atoms with Crippen molar-refractivity contribution in [3.05, 3.63) is 62.3 Å². The Bertz CT molecular complexity index is 1490. The van der Waals surface area contributed by atoms with Gasteiger partial charge in [-0.25, -0.2) is 13.2 Å². The largest absolute Gasteiger partial charge is 0.372 e. The molecule has 1 saturated heterocycles. The molecular formula is C25H35N7O4S. The van der Waals surface area contributed by atoms with Gasteiger partial charge < -0.3 is 20.5 Å². The first-order chi connectivity index (χ1) is 17.7. The summed E-state index contributed by atoms with van der Waals surface area (Å²) in [4.78, 5) is 33.8. The summed E-state index contributed by atoms with van der Waals surface area (Å²) in [6.45, 7) is 6.13. The van der Waals surface area contributed by atoms with Crippen molar-refractivity contribution < 1.29 is 8.42 Å². The minimum Gasteiger partial charge on any atom is -0.372 e. The van der Waals surface area contributed by atoms with Crippen LogP contribution in [0.2, 0.25) is 0 Å². The summed E-state index contributed by atoms with van der Waals surface area (Å²) in [6.07, 6.45) is 4.40. The number of rotatable bonds is 9. The third-order valence-corrected chi connectivity index (χ3v) is 7.04. The normalized spacial score (nSPS) is 15.9. The second kappa shape index (κ2) is 11.3. The highest BCUT2D eigenvalue weighted by Gasteiger charge is 2.26. The molecule has 1 fully saturated rings. The molecule has 3 heterocycles. The smallest absolute Gasteiger partial charge is 0.332 e. The minimum atomic E-state index is -2.51. The van der Waals surface area contributed by atoms with Crippen LogP contribution in [-0.2, 0) is 37.3 Å².